The highest BCUT2D eigenvalue weighted by atomic mass is 19.1. The van der Waals surface area contributed by atoms with Gasteiger partial charge < -0.3 is 10.1 Å². The topological polar surface area (TPSA) is 50.4 Å². The molecule has 0 aliphatic heterocycles. The van der Waals surface area contributed by atoms with Gasteiger partial charge in [-0.2, -0.15) is 0 Å². The van der Waals surface area contributed by atoms with Crippen LogP contribution in [-0.2, 0) is 9.53 Å². The first kappa shape index (κ1) is 16.1. The monoisotopic (exact) mass is 302 g/mol. The molecule has 2 aromatic carbocycles. The van der Waals surface area contributed by atoms with Crippen LogP contribution in [-0.4, -0.2) is 26.2 Å². The van der Waals surface area contributed by atoms with Crippen molar-refractivity contribution in [3.63, 3.8) is 0 Å². The lowest BCUT2D eigenvalue weighted by molar-refractivity contribution is -0.118. The molecule has 2 N–H and O–H groups in total. The van der Waals surface area contributed by atoms with Crippen molar-refractivity contribution < 1.29 is 13.9 Å². The number of hydrogen-bond acceptors (Lipinski definition) is 3. The average Bonchev–Trinajstić information content (AvgIpc) is 2.54. The minimum Gasteiger partial charge on any atom is -0.383 e. The Hall–Kier alpha value is -2.24. The molecule has 2 rings (SSSR count). The van der Waals surface area contributed by atoms with Gasteiger partial charge in [0.25, 0.3) is 0 Å². The van der Waals surface area contributed by atoms with E-state index < -0.39 is 6.04 Å². The third kappa shape index (κ3) is 4.65. The Labute approximate surface area is 129 Å². The molecule has 0 aromatic heterocycles. The van der Waals surface area contributed by atoms with E-state index in [0.29, 0.717) is 18.8 Å². The van der Waals surface area contributed by atoms with Crippen molar-refractivity contribution in [3.05, 3.63) is 66.0 Å². The number of carbonyl (C=O) groups excluding carboxylic acids is 1. The molecule has 22 heavy (non-hydrogen) atoms. The number of amides is 1. The van der Waals surface area contributed by atoms with Crippen LogP contribution in [0.25, 0.3) is 0 Å². The number of ether oxygens (including phenoxy) is 1. The molecule has 0 spiro atoms. The fourth-order valence-corrected chi connectivity index (χ4v) is 2.06. The van der Waals surface area contributed by atoms with Crippen LogP contribution in [0.15, 0.2) is 54.6 Å². The average molecular weight is 302 g/mol. The molecule has 0 fully saturated rings. The van der Waals surface area contributed by atoms with E-state index in [-0.39, 0.29) is 11.7 Å². The molecule has 0 radical (unpaired) electrons. The first-order valence-electron chi connectivity index (χ1n) is 7.04. The Morgan fingerprint density at radius 1 is 1.14 bits per heavy atom. The van der Waals surface area contributed by atoms with Gasteiger partial charge in [0.2, 0.25) is 5.91 Å². The lowest BCUT2D eigenvalue weighted by Gasteiger charge is -2.18. The number of halogens is 1. The molecular weight excluding hydrogens is 283 g/mol. The summed E-state index contributed by atoms with van der Waals surface area (Å²) in [5, 5.41) is 5.94. The summed E-state index contributed by atoms with van der Waals surface area (Å²) in [5.74, 6) is -0.537. The van der Waals surface area contributed by atoms with Crippen molar-refractivity contribution in [1.29, 1.82) is 0 Å². The molecule has 1 atom stereocenters. The van der Waals surface area contributed by atoms with E-state index in [0.717, 1.165) is 5.56 Å². The highest BCUT2D eigenvalue weighted by Gasteiger charge is 2.19. The number of nitrogens with one attached hydrogen (secondary N) is 2. The van der Waals surface area contributed by atoms with Gasteiger partial charge in [-0.25, -0.2) is 4.39 Å². The number of rotatable bonds is 7. The van der Waals surface area contributed by atoms with Crippen molar-refractivity contribution in [2.75, 3.05) is 25.6 Å². The molecule has 0 aliphatic carbocycles. The largest absolute Gasteiger partial charge is 0.383 e. The third-order valence-electron chi connectivity index (χ3n) is 3.16. The van der Waals surface area contributed by atoms with E-state index in [2.05, 4.69) is 10.6 Å². The van der Waals surface area contributed by atoms with Gasteiger partial charge in [0.05, 0.1) is 6.61 Å². The van der Waals surface area contributed by atoms with Gasteiger partial charge in [-0.1, -0.05) is 30.3 Å². The van der Waals surface area contributed by atoms with Gasteiger partial charge in [-0.05, 0) is 29.8 Å². The second-order valence-electron chi connectivity index (χ2n) is 4.79. The molecule has 0 saturated heterocycles. The second-order valence-corrected chi connectivity index (χ2v) is 4.79. The van der Waals surface area contributed by atoms with Crippen LogP contribution in [0.3, 0.4) is 0 Å². The highest BCUT2D eigenvalue weighted by molar-refractivity contribution is 5.95. The van der Waals surface area contributed by atoms with E-state index in [4.69, 9.17) is 4.74 Å². The maximum Gasteiger partial charge on any atom is 0.246 e. The van der Waals surface area contributed by atoms with Crippen molar-refractivity contribution >= 4 is 11.6 Å². The summed E-state index contributed by atoms with van der Waals surface area (Å²) in [6.07, 6.45) is 0. The molecular formula is C17H19FN2O2. The fraction of sp³-hybridized carbons (Fsp3) is 0.235. The molecule has 4 nitrogen and oxygen atoms in total. The standard InChI is InChI=1S/C17H19FN2O2/c1-22-12-11-19-16(13-5-3-2-4-6-13)17(21)20-15-9-7-14(18)8-10-15/h2-10,16,19H,11-12H2,1H3,(H,20,21)/t16-/m1/s1. The summed E-state index contributed by atoms with van der Waals surface area (Å²) in [6.45, 7) is 1.06. The quantitative estimate of drug-likeness (QED) is 0.773. The zero-order valence-corrected chi connectivity index (χ0v) is 12.4. The SMILES string of the molecule is COCCN[C@@H](C(=O)Nc1ccc(F)cc1)c1ccccc1. The molecule has 5 heteroatoms. The van der Waals surface area contributed by atoms with Gasteiger partial charge in [0.1, 0.15) is 11.9 Å². The van der Waals surface area contributed by atoms with Crippen LogP contribution in [0.2, 0.25) is 0 Å². The minimum atomic E-state index is -0.499. The summed E-state index contributed by atoms with van der Waals surface area (Å²) in [5.41, 5.74) is 1.42. The summed E-state index contributed by atoms with van der Waals surface area (Å²) in [7, 11) is 1.61. The summed E-state index contributed by atoms with van der Waals surface area (Å²) in [4.78, 5) is 12.5. The lowest BCUT2D eigenvalue weighted by atomic mass is 10.1. The van der Waals surface area contributed by atoms with Crippen molar-refractivity contribution in [1.82, 2.24) is 5.32 Å². The molecule has 0 unspecified atom stereocenters. The van der Waals surface area contributed by atoms with Crippen molar-refractivity contribution in [2.24, 2.45) is 0 Å². The predicted molar refractivity (Wildman–Crippen MR) is 84.1 cm³/mol. The van der Waals surface area contributed by atoms with E-state index in [9.17, 15) is 9.18 Å². The number of methoxy groups -OCH3 is 1. The van der Waals surface area contributed by atoms with Crippen LogP contribution in [0, 0.1) is 5.82 Å². The molecule has 1 amide bonds. The normalized spacial score (nSPS) is 11.9. The number of benzene rings is 2. The molecule has 0 aliphatic rings. The summed E-state index contributed by atoms with van der Waals surface area (Å²) >= 11 is 0. The van der Waals surface area contributed by atoms with Crippen LogP contribution >= 0.6 is 0 Å². The summed E-state index contributed by atoms with van der Waals surface area (Å²) in [6, 6.07) is 14.6. The van der Waals surface area contributed by atoms with Crippen LogP contribution in [0.4, 0.5) is 10.1 Å². The van der Waals surface area contributed by atoms with Gasteiger partial charge in [0.15, 0.2) is 0 Å². The molecule has 0 heterocycles. The second kappa shape index (κ2) is 8.26. The van der Waals surface area contributed by atoms with E-state index >= 15 is 0 Å². The molecule has 2 aromatic rings. The number of anilines is 1. The van der Waals surface area contributed by atoms with Gasteiger partial charge in [-0.3, -0.25) is 10.1 Å². The Balaban J connectivity index is 2.09. The Bertz CT molecular complexity index is 587. The maximum atomic E-state index is 12.9. The van der Waals surface area contributed by atoms with Gasteiger partial charge in [0, 0.05) is 19.3 Å². The van der Waals surface area contributed by atoms with E-state index in [1.807, 2.05) is 30.3 Å². The molecule has 0 saturated carbocycles. The molecule has 0 bridgehead atoms. The summed E-state index contributed by atoms with van der Waals surface area (Å²) < 4.78 is 17.9. The van der Waals surface area contributed by atoms with Crippen molar-refractivity contribution in [2.45, 2.75) is 6.04 Å². The number of carbonyl (C=O) groups is 1. The minimum absolute atomic E-state index is 0.200. The number of hydrogen-bond donors (Lipinski definition) is 2. The van der Waals surface area contributed by atoms with Gasteiger partial charge in [-0.15, -0.1) is 0 Å². The first-order valence-corrected chi connectivity index (χ1v) is 7.04. The molecule has 116 valence electrons. The maximum absolute atomic E-state index is 12.9. The zero-order chi connectivity index (χ0) is 15.8. The van der Waals surface area contributed by atoms with Gasteiger partial charge >= 0.3 is 0 Å². The lowest BCUT2D eigenvalue weighted by Crippen LogP contribution is -2.34. The smallest absolute Gasteiger partial charge is 0.246 e. The zero-order valence-electron chi connectivity index (χ0n) is 12.4. The fourth-order valence-electron chi connectivity index (χ4n) is 2.06. The third-order valence-corrected chi connectivity index (χ3v) is 3.16. The van der Waals surface area contributed by atoms with Crippen LogP contribution in [0.1, 0.15) is 11.6 Å². The Morgan fingerprint density at radius 2 is 1.82 bits per heavy atom. The first-order chi connectivity index (χ1) is 10.7. The van der Waals surface area contributed by atoms with Crippen LogP contribution in [0.5, 0.6) is 0 Å². The Kier molecular flexibility index (Phi) is 6.06. The van der Waals surface area contributed by atoms with Crippen molar-refractivity contribution in [3.8, 4) is 0 Å². The Morgan fingerprint density at radius 3 is 2.45 bits per heavy atom. The van der Waals surface area contributed by atoms with E-state index in [1.165, 1.54) is 24.3 Å². The van der Waals surface area contributed by atoms with E-state index in [1.54, 1.807) is 7.11 Å². The highest BCUT2D eigenvalue weighted by Crippen LogP contribution is 2.16. The predicted octanol–water partition coefficient (Wildman–Crippen LogP) is 2.74. The van der Waals surface area contributed by atoms with Crippen LogP contribution < -0.4 is 10.6 Å².